The standard InChI is InChI=1S/C15H16BrNO2S/c1-3-12-5-8-14(9-6-12)20(18,19)17-13-7-4-11(2)15(16)10-13/h4-10,17H,3H2,1-2H3. The molecule has 2 rings (SSSR count). The van der Waals surface area contributed by atoms with Crippen LogP contribution in [0, 0.1) is 6.92 Å². The molecule has 2 aromatic rings. The Bertz CT molecular complexity index is 709. The quantitative estimate of drug-likeness (QED) is 0.898. The van der Waals surface area contributed by atoms with Crippen molar-refractivity contribution in [3.8, 4) is 0 Å². The number of hydrogen-bond acceptors (Lipinski definition) is 2. The average molecular weight is 354 g/mol. The highest BCUT2D eigenvalue weighted by molar-refractivity contribution is 9.10. The fourth-order valence-corrected chi connectivity index (χ4v) is 3.20. The molecule has 0 aromatic heterocycles. The Morgan fingerprint density at radius 1 is 1.10 bits per heavy atom. The lowest BCUT2D eigenvalue weighted by Gasteiger charge is -2.09. The van der Waals surface area contributed by atoms with Gasteiger partial charge in [-0.3, -0.25) is 4.72 Å². The predicted molar refractivity (Wildman–Crippen MR) is 85.5 cm³/mol. The second kappa shape index (κ2) is 5.97. The van der Waals surface area contributed by atoms with Gasteiger partial charge < -0.3 is 0 Å². The van der Waals surface area contributed by atoms with Crippen LogP contribution < -0.4 is 4.72 Å². The van der Waals surface area contributed by atoms with Crippen LogP contribution in [0.15, 0.2) is 51.8 Å². The molecule has 0 spiro atoms. The first-order valence-electron chi connectivity index (χ1n) is 6.30. The van der Waals surface area contributed by atoms with Crippen molar-refractivity contribution in [1.29, 1.82) is 0 Å². The van der Waals surface area contributed by atoms with Crippen molar-refractivity contribution in [2.45, 2.75) is 25.2 Å². The van der Waals surface area contributed by atoms with Gasteiger partial charge in [0.25, 0.3) is 10.0 Å². The fourth-order valence-electron chi connectivity index (χ4n) is 1.77. The van der Waals surface area contributed by atoms with Crippen LogP contribution in [-0.2, 0) is 16.4 Å². The number of anilines is 1. The van der Waals surface area contributed by atoms with Gasteiger partial charge >= 0.3 is 0 Å². The summed E-state index contributed by atoms with van der Waals surface area (Å²) in [5, 5.41) is 0. The van der Waals surface area contributed by atoms with Gasteiger partial charge in [-0.1, -0.05) is 41.1 Å². The molecular formula is C15H16BrNO2S. The van der Waals surface area contributed by atoms with Gasteiger partial charge in [-0.05, 0) is 48.7 Å². The van der Waals surface area contributed by atoms with E-state index in [1.54, 1.807) is 24.3 Å². The second-order valence-electron chi connectivity index (χ2n) is 4.57. The van der Waals surface area contributed by atoms with Gasteiger partial charge in [-0.25, -0.2) is 8.42 Å². The van der Waals surface area contributed by atoms with E-state index in [1.165, 1.54) is 0 Å². The van der Waals surface area contributed by atoms with Crippen LogP contribution in [0.2, 0.25) is 0 Å². The molecule has 0 atom stereocenters. The average Bonchev–Trinajstić information content (AvgIpc) is 2.43. The van der Waals surface area contributed by atoms with Gasteiger partial charge in [0.05, 0.1) is 4.90 Å². The minimum Gasteiger partial charge on any atom is -0.280 e. The van der Waals surface area contributed by atoms with Crippen molar-refractivity contribution in [2.75, 3.05) is 4.72 Å². The maximum absolute atomic E-state index is 12.3. The molecule has 0 heterocycles. The minimum atomic E-state index is -3.54. The normalized spacial score (nSPS) is 11.3. The molecule has 3 nitrogen and oxygen atoms in total. The molecule has 0 unspecified atom stereocenters. The summed E-state index contributed by atoms with van der Waals surface area (Å²) in [5.74, 6) is 0. The van der Waals surface area contributed by atoms with Crippen molar-refractivity contribution in [3.63, 3.8) is 0 Å². The van der Waals surface area contributed by atoms with Gasteiger partial charge in [-0.15, -0.1) is 0 Å². The maximum atomic E-state index is 12.3. The summed E-state index contributed by atoms with van der Waals surface area (Å²) >= 11 is 3.39. The van der Waals surface area contributed by atoms with E-state index in [9.17, 15) is 8.42 Å². The summed E-state index contributed by atoms with van der Waals surface area (Å²) < 4.78 is 28.0. The molecule has 0 aliphatic heterocycles. The van der Waals surface area contributed by atoms with Crippen LogP contribution in [-0.4, -0.2) is 8.42 Å². The number of rotatable bonds is 4. The van der Waals surface area contributed by atoms with Gasteiger partial charge in [0.1, 0.15) is 0 Å². The molecule has 0 fully saturated rings. The highest BCUT2D eigenvalue weighted by atomic mass is 79.9. The molecule has 2 aromatic carbocycles. The molecule has 5 heteroatoms. The maximum Gasteiger partial charge on any atom is 0.261 e. The summed E-state index contributed by atoms with van der Waals surface area (Å²) in [5.41, 5.74) is 2.71. The van der Waals surface area contributed by atoms with Gasteiger partial charge in [-0.2, -0.15) is 0 Å². The number of hydrogen-bond donors (Lipinski definition) is 1. The number of nitrogens with one attached hydrogen (secondary N) is 1. The molecular weight excluding hydrogens is 338 g/mol. The summed E-state index contributed by atoms with van der Waals surface area (Å²) in [6.07, 6.45) is 0.888. The zero-order valence-electron chi connectivity index (χ0n) is 11.4. The summed E-state index contributed by atoms with van der Waals surface area (Å²) in [7, 11) is -3.54. The number of aryl methyl sites for hydroxylation is 2. The van der Waals surface area contributed by atoms with E-state index < -0.39 is 10.0 Å². The van der Waals surface area contributed by atoms with Crippen LogP contribution in [0.1, 0.15) is 18.1 Å². The third-order valence-electron chi connectivity index (χ3n) is 3.07. The van der Waals surface area contributed by atoms with E-state index >= 15 is 0 Å². The van der Waals surface area contributed by atoms with E-state index in [-0.39, 0.29) is 4.90 Å². The molecule has 0 aliphatic carbocycles. The van der Waals surface area contributed by atoms with Gasteiger partial charge in [0.2, 0.25) is 0 Å². The Kier molecular flexibility index (Phi) is 4.50. The van der Waals surface area contributed by atoms with E-state index in [1.807, 2.05) is 32.0 Å². The molecule has 0 amide bonds. The highest BCUT2D eigenvalue weighted by Crippen LogP contribution is 2.23. The molecule has 0 bridgehead atoms. The summed E-state index contributed by atoms with van der Waals surface area (Å²) in [6, 6.07) is 12.3. The van der Waals surface area contributed by atoms with Crippen molar-refractivity contribution in [3.05, 3.63) is 58.1 Å². The van der Waals surface area contributed by atoms with Crippen molar-refractivity contribution in [2.24, 2.45) is 0 Å². The largest absolute Gasteiger partial charge is 0.280 e. The lowest BCUT2D eigenvalue weighted by atomic mass is 10.2. The Labute approximate surface area is 128 Å². The van der Waals surface area contributed by atoms with Gasteiger partial charge in [0, 0.05) is 10.2 Å². The third-order valence-corrected chi connectivity index (χ3v) is 5.32. The smallest absolute Gasteiger partial charge is 0.261 e. The molecule has 0 aliphatic rings. The van der Waals surface area contributed by atoms with Gasteiger partial charge in [0.15, 0.2) is 0 Å². The monoisotopic (exact) mass is 353 g/mol. The number of halogens is 1. The Morgan fingerprint density at radius 2 is 1.75 bits per heavy atom. The third kappa shape index (κ3) is 3.41. The number of sulfonamides is 1. The van der Waals surface area contributed by atoms with E-state index in [2.05, 4.69) is 20.7 Å². The van der Waals surface area contributed by atoms with Crippen LogP contribution >= 0.6 is 15.9 Å². The Balaban J connectivity index is 2.27. The summed E-state index contributed by atoms with van der Waals surface area (Å²) in [4.78, 5) is 0.270. The van der Waals surface area contributed by atoms with E-state index in [0.29, 0.717) is 5.69 Å². The molecule has 0 radical (unpaired) electrons. The first-order valence-corrected chi connectivity index (χ1v) is 8.58. The molecule has 0 saturated carbocycles. The topological polar surface area (TPSA) is 46.2 Å². The summed E-state index contributed by atoms with van der Waals surface area (Å²) in [6.45, 7) is 3.98. The molecule has 106 valence electrons. The van der Waals surface area contributed by atoms with Crippen LogP contribution in [0.25, 0.3) is 0 Å². The first kappa shape index (κ1) is 15.1. The van der Waals surface area contributed by atoms with E-state index in [0.717, 1.165) is 22.0 Å². The zero-order valence-corrected chi connectivity index (χ0v) is 13.8. The molecule has 1 N–H and O–H groups in total. The highest BCUT2D eigenvalue weighted by Gasteiger charge is 2.14. The Hall–Kier alpha value is -1.33. The lowest BCUT2D eigenvalue weighted by molar-refractivity contribution is 0.601. The SMILES string of the molecule is CCc1ccc(S(=O)(=O)Nc2ccc(C)c(Br)c2)cc1. The molecule has 20 heavy (non-hydrogen) atoms. The minimum absolute atomic E-state index is 0.270. The van der Waals surface area contributed by atoms with Crippen LogP contribution in [0.4, 0.5) is 5.69 Å². The predicted octanol–water partition coefficient (Wildman–Crippen LogP) is 4.12. The molecule has 0 saturated heterocycles. The fraction of sp³-hybridized carbons (Fsp3) is 0.200. The first-order chi connectivity index (χ1) is 9.42. The Morgan fingerprint density at radius 3 is 2.30 bits per heavy atom. The zero-order chi connectivity index (χ0) is 14.8. The van der Waals surface area contributed by atoms with E-state index in [4.69, 9.17) is 0 Å². The van der Waals surface area contributed by atoms with Crippen LogP contribution in [0.3, 0.4) is 0 Å². The lowest BCUT2D eigenvalue weighted by Crippen LogP contribution is -2.13. The second-order valence-corrected chi connectivity index (χ2v) is 7.10. The van der Waals surface area contributed by atoms with Crippen molar-refractivity contribution >= 4 is 31.6 Å². The van der Waals surface area contributed by atoms with Crippen molar-refractivity contribution in [1.82, 2.24) is 0 Å². The van der Waals surface area contributed by atoms with Crippen LogP contribution in [0.5, 0.6) is 0 Å². The van der Waals surface area contributed by atoms with Crippen molar-refractivity contribution < 1.29 is 8.42 Å². The number of benzene rings is 2.